The Labute approximate surface area is 137 Å². The topological polar surface area (TPSA) is 42.4 Å². The predicted molar refractivity (Wildman–Crippen MR) is 88.9 cm³/mol. The standard InChI is InChI=1S/C17H23ClN2O2/c1-12-9-15(19-11-14(12)10-18)13-5-7-20(8-6-13)16(21)22-17(2,3)4/h5,9,11H,6-8,10H2,1-4H3. The number of pyridine rings is 1. The van der Waals surface area contributed by atoms with Gasteiger partial charge in [-0.1, -0.05) is 6.08 Å². The second kappa shape index (κ2) is 6.69. The average Bonchev–Trinajstić information content (AvgIpc) is 2.45. The summed E-state index contributed by atoms with van der Waals surface area (Å²) in [5.74, 6) is 0.477. The highest BCUT2D eigenvalue weighted by molar-refractivity contribution is 6.17. The maximum absolute atomic E-state index is 12.0. The SMILES string of the molecule is Cc1cc(C2=CCN(C(=O)OC(C)(C)C)CC2)ncc1CCl. The molecule has 120 valence electrons. The molecule has 0 unspecified atom stereocenters. The van der Waals surface area contributed by atoms with Gasteiger partial charge in [0.25, 0.3) is 0 Å². The van der Waals surface area contributed by atoms with E-state index in [-0.39, 0.29) is 6.09 Å². The fraction of sp³-hybridized carbons (Fsp3) is 0.529. The molecular weight excluding hydrogens is 300 g/mol. The van der Waals surface area contributed by atoms with Crippen LogP contribution in [-0.4, -0.2) is 34.7 Å². The number of rotatable bonds is 2. The third-order valence-corrected chi connectivity index (χ3v) is 3.84. The second-order valence-electron chi connectivity index (χ2n) is 6.54. The normalized spacial score (nSPS) is 15.5. The van der Waals surface area contributed by atoms with Gasteiger partial charge in [0.1, 0.15) is 5.60 Å². The molecule has 4 nitrogen and oxygen atoms in total. The van der Waals surface area contributed by atoms with Gasteiger partial charge in [-0.3, -0.25) is 4.98 Å². The fourth-order valence-electron chi connectivity index (χ4n) is 2.29. The number of alkyl halides is 1. The monoisotopic (exact) mass is 322 g/mol. The molecule has 1 aliphatic heterocycles. The van der Waals surface area contributed by atoms with Gasteiger partial charge in [-0.15, -0.1) is 11.6 Å². The van der Waals surface area contributed by atoms with E-state index >= 15 is 0 Å². The first-order valence-corrected chi connectivity index (χ1v) is 8.02. The lowest BCUT2D eigenvalue weighted by atomic mass is 10.0. The molecule has 2 rings (SSSR count). The van der Waals surface area contributed by atoms with Crippen molar-refractivity contribution < 1.29 is 9.53 Å². The molecule has 1 amide bonds. The molecule has 0 aliphatic carbocycles. The third kappa shape index (κ3) is 4.23. The van der Waals surface area contributed by atoms with Crippen LogP contribution >= 0.6 is 11.6 Å². The largest absolute Gasteiger partial charge is 0.444 e. The highest BCUT2D eigenvalue weighted by atomic mass is 35.5. The van der Waals surface area contributed by atoms with Crippen molar-refractivity contribution in [1.29, 1.82) is 0 Å². The van der Waals surface area contributed by atoms with Gasteiger partial charge in [-0.05, 0) is 56.9 Å². The van der Waals surface area contributed by atoms with Crippen molar-refractivity contribution in [3.8, 4) is 0 Å². The molecule has 0 bridgehead atoms. The van der Waals surface area contributed by atoms with Crippen LogP contribution in [0.5, 0.6) is 0 Å². The van der Waals surface area contributed by atoms with Crippen LogP contribution in [0.25, 0.3) is 5.57 Å². The van der Waals surface area contributed by atoms with E-state index in [0.717, 1.165) is 23.2 Å². The summed E-state index contributed by atoms with van der Waals surface area (Å²) in [6, 6.07) is 2.06. The molecule has 2 heterocycles. The lowest BCUT2D eigenvalue weighted by Crippen LogP contribution is -2.39. The van der Waals surface area contributed by atoms with Crippen molar-refractivity contribution in [1.82, 2.24) is 9.88 Å². The van der Waals surface area contributed by atoms with Gasteiger partial charge in [0.05, 0.1) is 5.69 Å². The van der Waals surface area contributed by atoms with Crippen molar-refractivity contribution in [3.63, 3.8) is 0 Å². The summed E-state index contributed by atoms with van der Waals surface area (Å²) in [6.45, 7) is 8.88. The first-order valence-electron chi connectivity index (χ1n) is 7.49. The number of nitrogens with zero attached hydrogens (tertiary/aromatic N) is 2. The maximum Gasteiger partial charge on any atom is 0.410 e. The number of amides is 1. The van der Waals surface area contributed by atoms with Gasteiger partial charge in [0.2, 0.25) is 0 Å². The molecule has 0 saturated heterocycles. The minimum Gasteiger partial charge on any atom is -0.444 e. The fourth-order valence-corrected chi connectivity index (χ4v) is 2.57. The van der Waals surface area contributed by atoms with Crippen LogP contribution in [-0.2, 0) is 10.6 Å². The van der Waals surface area contributed by atoms with Gasteiger partial charge in [-0.2, -0.15) is 0 Å². The first kappa shape index (κ1) is 16.8. The minimum atomic E-state index is -0.461. The molecule has 0 atom stereocenters. The summed E-state index contributed by atoms with van der Waals surface area (Å²) in [5.41, 5.74) is 3.88. The van der Waals surface area contributed by atoms with E-state index in [2.05, 4.69) is 17.1 Å². The van der Waals surface area contributed by atoms with Gasteiger partial charge in [-0.25, -0.2) is 4.79 Å². The molecule has 0 spiro atoms. The van der Waals surface area contributed by atoms with Crippen LogP contribution in [0.3, 0.4) is 0 Å². The smallest absolute Gasteiger partial charge is 0.410 e. The quantitative estimate of drug-likeness (QED) is 0.768. The predicted octanol–water partition coefficient (Wildman–Crippen LogP) is 4.15. The Morgan fingerprint density at radius 2 is 2.18 bits per heavy atom. The van der Waals surface area contributed by atoms with Crippen molar-refractivity contribution in [2.45, 2.75) is 45.6 Å². The number of carbonyl (C=O) groups excluding carboxylic acids is 1. The van der Waals surface area contributed by atoms with Crippen molar-refractivity contribution in [2.24, 2.45) is 0 Å². The first-order chi connectivity index (χ1) is 10.3. The van der Waals surface area contributed by atoms with Crippen LogP contribution in [0, 0.1) is 6.92 Å². The number of hydrogen-bond donors (Lipinski definition) is 0. The van der Waals surface area contributed by atoms with Gasteiger partial charge < -0.3 is 9.64 Å². The number of aromatic nitrogens is 1. The Morgan fingerprint density at radius 1 is 1.45 bits per heavy atom. The van der Waals surface area contributed by atoms with E-state index in [1.807, 2.05) is 33.9 Å². The Kier molecular flexibility index (Phi) is 5.12. The van der Waals surface area contributed by atoms with Crippen LogP contribution in [0.4, 0.5) is 4.79 Å². The van der Waals surface area contributed by atoms with Gasteiger partial charge in [0, 0.05) is 25.2 Å². The zero-order valence-electron chi connectivity index (χ0n) is 13.6. The Balaban J connectivity index is 2.05. The Morgan fingerprint density at radius 3 is 2.68 bits per heavy atom. The molecule has 1 aromatic rings. The Hall–Kier alpha value is -1.55. The molecule has 0 saturated carbocycles. The van der Waals surface area contributed by atoms with Crippen molar-refractivity contribution >= 4 is 23.3 Å². The average molecular weight is 323 g/mol. The Bertz CT molecular complexity index is 591. The van der Waals surface area contributed by atoms with Crippen LogP contribution < -0.4 is 0 Å². The van der Waals surface area contributed by atoms with E-state index in [0.29, 0.717) is 19.0 Å². The molecule has 0 N–H and O–H groups in total. The van der Waals surface area contributed by atoms with E-state index in [1.54, 1.807) is 4.90 Å². The van der Waals surface area contributed by atoms with Gasteiger partial charge in [0.15, 0.2) is 0 Å². The summed E-state index contributed by atoms with van der Waals surface area (Å²) < 4.78 is 5.39. The van der Waals surface area contributed by atoms with E-state index in [9.17, 15) is 4.79 Å². The van der Waals surface area contributed by atoms with E-state index < -0.39 is 5.60 Å². The molecule has 1 aromatic heterocycles. The molecule has 0 aromatic carbocycles. The number of carbonyl (C=O) groups is 1. The van der Waals surface area contributed by atoms with Crippen LogP contribution in [0.1, 0.15) is 44.0 Å². The highest BCUT2D eigenvalue weighted by Crippen LogP contribution is 2.23. The molecule has 0 fully saturated rings. The summed E-state index contributed by atoms with van der Waals surface area (Å²) in [5, 5.41) is 0. The molecule has 5 heteroatoms. The molecule has 1 aliphatic rings. The van der Waals surface area contributed by atoms with E-state index in [4.69, 9.17) is 16.3 Å². The number of ether oxygens (including phenoxy) is 1. The zero-order chi connectivity index (χ0) is 16.3. The number of hydrogen-bond acceptors (Lipinski definition) is 3. The molecule has 22 heavy (non-hydrogen) atoms. The van der Waals surface area contributed by atoms with Crippen LogP contribution in [0.2, 0.25) is 0 Å². The number of aryl methyl sites for hydroxylation is 1. The lowest BCUT2D eigenvalue weighted by molar-refractivity contribution is 0.0270. The zero-order valence-corrected chi connectivity index (χ0v) is 14.4. The highest BCUT2D eigenvalue weighted by Gasteiger charge is 2.24. The minimum absolute atomic E-state index is 0.260. The third-order valence-electron chi connectivity index (χ3n) is 3.55. The maximum atomic E-state index is 12.0. The van der Waals surface area contributed by atoms with Crippen molar-refractivity contribution in [3.05, 3.63) is 35.2 Å². The van der Waals surface area contributed by atoms with E-state index in [1.165, 1.54) is 5.57 Å². The summed E-state index contributed by atoms with van der Waals surface area (Å²) in [7, 11) is 0. The molecular formula is C17H23ClN2O2. The second-order valence-corrected chi connectivity index (χ2v) is 6.80. The lowest BCUT2D eigenvalue weighted by Gasteiger charge is -2.29. The summed E-state index contributed by atoms with van der Waals surface area (Å²) in [6.07, 6.45) is 4.41. The summed E-state index contributed by atoms with van der Waals surface area (Å²) >= 11 is 5.86. The number of halogens is 1. The van der Waals surface area contributed by atoms with Gasteiger partial charge >= 0.3 is 6.09 Å². The summed E-state index contributed by atoms with van der Waals surface area (Å²) in [4.78, 5) is 18.2. The van der Waals surface area contributed by atoms with Crippen LogP contribution in [0.15, 0.2) is 18.3 Å². The van der Waals surface area contributed by atoms with Crippen molar-refractivity contribution in [2.75, 3.05) is 13.1 Å². The molecule has 0 radical (unpaired) electrons.